The molecule has 4 nitrogen and oxygen atoms in total. The van der Waals surface area contributed by atoms with Crippen molar-refractivity contribution in [1.29, 1.82) is 0 Å². The van der Waals surface area contributed by atoms with Gasteiger partial charge in [-0.15, -0.1) is 0 Å². The Morgan fingerprint density at radius 1 is 1.24 bits per heavy atom. The molecule has 0 aliphatic carbocycles. The van der Waals surface area contributed by atoms with E-state index < -0.39 is 0 Å². The minimum atomic E-state index is 0.679. The van der Waals surface area contributed by atoms with E-state index in [1.54, 1.807) is 0 Å². The van der Waals surface area contributed by atoms with Crippen molar-refractivity contribution in [2.45, 2.75) is 40.5 Å². The lowest BCUT2D eigenvalue weighted by Gasteiger charge is -2.03. The fourth-order valence-corrected chi connectivity index (χ4v) is 1.83. The van der Waals surface area contributed by atoms with E-state index in [1.165, 1.54) is 0 Å². The zero-order valence-electron chi connectivity index (χ0n) is 10.9. The number of hydrogen-bond acceptors (Lipinski definition) is 3. The number of allylic oxidation sites excluding steroid dienone is 2. The Morgan fingerprint density at radius 3 is 2.59 bits per heavy atom. The van der Waals surface area contributed by atoms with Crippen LogP contribution in [0, 0.1) is 13.8 Å². The fraction of sp³-hybridized carbons (Fsp3) is 0.462. The van der Waals surface area contributed by atoms with E-state index in [2.05, 4.69) is 28.1 Å². The van der Waals surface area contributed by atoms with Crippen LogP contribution in [0.3, 0.4) is 0 Å². The molecule has 0 saturated carbocycles. The van der Waals surface area contributed by atoms with Crippen molar-refractivity contribution < 1.29 is 0 Å². The Balaban J connectivity index is 2.48. The highest BCUT2D eigenvalue weighted by Crippen LogP contribution is 2.12. The van der Waals surface area contributed by atoms with Gasteiger partial charge in [-0.2, -0.15) is 5.10 Å². The van der Waals surface area contributed by atoms with Gasteiger partial charge in [0.1, 0.15) is 0 Å². The molecule has 17 heavy (non-hydrogen) atoms. The van der Waals surface area contributed by atoms with Crippen LogP contribution in [0.4, 0.5) is 0 Å². The van der Waals surface area contributed by atoms with Gasteiger partial charge in [-0.3, -0.25) is 0 Å². The molecule has 1 aliphatic heterocycles. The molecule has 0 saturated heterocycles. The van der Waals surface area contributed by atoms with E-state index in [0.717, 1.165) is 35.6 Å². The van der Waals surface area contributed by atoms with Crippen LogP contribution in [0.25, 0.3) is 0 Å². The molecule has 0 bridgehead atoms. The maximum atomic E-state index is 4.58. The summed E-state index contributed by atoms with van der Waals surface area (Å²) < 4.78 is 1.81. The summed E-state index contributed by atoms with van der Waals surface area (Å²) in [7, 11) is 0. The molecular formula is C13H18N4. The summed E-state index contributed by atoms with van der Waals surface area (Å²) in [5.41, 5.74) is 4.20. The normalized spacial score (nSPS) is 16.1. The van der Waals surface area contributed by atoms with Crippen molar-refractivity contribution in [1.82, 2.24) is 9.78 Å². The lowest BCUT2D eigenvalue weighted by molar-refractivity contribution is 0.864. The third-order valence-corrected chi connectivity index (χ3v) is 2.73. The summed E-state index contributed by atoms with van der Waals surface area (Å²) in [6.45, 7) is 8.13. The molecule has 0 amide bonds. The SMILES string of the molecule is CCC1=CCC(C)=NC(n2nc(C)cc2C)=N1. The third kappa shape index (κ3) is 2.52. The Labute approximate surface area is 102 Å². The average Bonchev–Trinajstić information content (AvgIpc) is 2.51. The lowest BCUT2D eigenvalue weighted by atomic mass is 10.2. The molecule has 4 heteroatoms. The Morgan fingerprint density at radius 2 is 2.00 bits per heavy atom. The van der Waals surface area contributed by atoms with Gasteiger partial charge in [0.15, 0.2) is 0 Å². The first kappa shape index (κ1) is 11.8. The van der Waals surface area contributed by atoms with Crippen LogP contribution in [0.1, 0.15) is 38.1 Å². The largest absolute Gasteiger partial charge is 0.250 e. The molecule has 0 atom stereocenters. The quantitative estimate of drug-likeness (QED) is 0.731. The van der Waals surface area contributed by atoms with Crippen molar-refractivity contribution in [2.75, 3.05) is 0 Å². The van der Waals surface area contributed by atoms with Gasteiger partial charge in [0, 0.05) is 23.5 Å². The van der Waals surface area contributed by atoms with Crippen LogP contribution in [-0.4, -0.2) is 21.5 Å². The number of aromatic nitrogens is 2. The molecule has 1 aliphatic rings. The van der Waals surface area contributed by atoms with Crippen LogP contribution in [0.5, 0.6) is 0 Å². The molecule has 1 aromatic heterocycles. The Hall–Kier alpha value is -1.71. The smallest absolute Gasteiger partial charge is 0.221 e. The standard InChI is InChI=1S/C13H18N4/c1-5-12-7-6-9(2)14-13(15-12)17-11(4)8-10(3)16-17/h7-8H,5-6H2,1-4H3. The van der Waals surface area contributed by atoms with E-state index in [0.29, 0.717) is 5.96 Å². The predicted molar refractivity (Wildman–Crippen MR) is 70.6 cm³/mol. The van der Waals surface area contributed by atoms with Crippen molar-refractivity contribution in [3.8, 4) is 0 Å². The van der Waals surface area contributed by atoms with Gasteiger partial charge in [-0.25, -0.2) is 14.7 Å². The van der Waals surface area contributed by atoms with Crippen LogP contribution in [-0.2, 0) is 0 Å². The van der Waals surface area contributed by atoms with Crippen molar-refractivity contribution in [3.63, 3.8) is 0 Å². The number of rotatable bonds is 1. The zero-order valence-corrected chi connectivity index (χ0v) is 10.9. The molecule has 0 radical (unpaired) electrons. The number of hydrogen-bond donors (Lipinski definition) is 0. The first-order valence-electron chi connectivity index (χ1n) is 5.95. The molecule has 0 spiro atoms. The highest BCUT2D eigenvalue weighted by atomic mass is 15.4. The molecule has 2 heterocycles. The van der Waals surface area contributed by atoms with Gasteiger partial charge in [0.2, 0.25) is 0 Å². The summed E-state index contributed by atoms with van der Waals surface area (Å²) >= 11 is 0. The molecule has 0 N–H and O–H groups in total. The highest BCUT2D eigenvalue weighted by molar-refractivity contribution is 5.98. The summed E-state index contributed by atoms with van der Waals surface area (Å²) in [5.74, 6) is 0.679. The van der Waals surface area contributed by atoms with Crippen LogP contribution in [0.2, 0.25) is 0 Å². The molecule has 90 valence electrons. The zero-order chi connectivity index (χ0) is 12.4. The maximum absolute atomic E-state index is 4.58. The molecular weight excluding hydrogens is 212 g/mol. The Bertz CT molecular complexity index is 518. The van der Waals surface area contributed by atoms with Crippen molar-refractivity contribution in [2.24, 2.45) is 9.98 Å². The van der Waals surface area contributed by atoms with Gasteiger partial charge in [0.05, 0.1) is 5.69 Å². The summed E-state index contributed by atoms with van der Waals surface area (Å²) in [6, 6.07) is 2.04. The third-order valence-electron chi connectivity index (χ3n) is 2.73. The van der Waals surface area contributed by atoms with Crippen molar-refractivity contribution in [3.05, 3.63) is 29.2 Å². The molecule has 0 aromatic carbocycles. The monoisotopic (exact) mass is 230 g/mol. The van der Waals surface area contributed by atoms with Gasteiger partial charge < -0.3 is 0 Å². The van der Waals surface area contributed by atoms with E-state index in [1.807, 2.05) is 31.5 Å². The molecule has 0 unspecified atom stereocenters. The van der Waals surface area contributed by atoms with Gasteiger partial charge in [0.25, 0.3) is 5.96 Å². The van der Waals surface area contributed by atoms with E-state index in [-0.39, 0.29) is 0 Å². The van der Waals surface area contributed by atoms with Crippen LogP contribution in [0.15, 0.2) is 27.8 Å². The van der Waals surface area contributed by atoms with E-state index in [4.69, 9.17) is 0 Å². The summed E-state index contributed by atoms with van der Waals surface area (Å²) in [4.78, 5) is 9.11. The molecule has 1 aromatic rings. The number of aryl methyl sites for hydroxylation is 2. The predicted octanol–water partition coefficient (Wildman–Crippen LogP) is 2.86. The summed E-state index contributed by atoms with van der Waals surface area (Å²) in [6.07, 6.45) is 3.93. The highest BCUT2D eigenvalue weighted by Gasteiger charge is 2.10. The molecule has 0 fully saturated rings. The average molecular weight is 230 g/mol. The topological polar surface area (TPSA) is 42.5 Å². The second-order valence-electron chi connectivity index (χ2n) is 4.35. The second kappa shape index (κ2) is 4.65. The second-order valence-corrected chi connectivity index (χ2v) is 4.35. The number of aliphatic imine (C=N–C) groups is 2. The van der Waals surface area contributed by atoms with Crippen LogP contribution >= 0.6 is 0 Å². The number of nitrogens with zero attached hydrogens (tertiary/aromatic N) is 4. The van der Waals surface area contributed by atoms with Crippen LogP contribution < -0.4 is 0 Å². The minimum absolute atomic E-state index is 0.679. The fourth-order valence-electron chi connectivity index (χ4n) is 1.83. The van der Waals surface area contributed by atoms with Gasteiger partial charge in [-0.1, -0.05) is 13.0 Å². The maximum Gasteiger partial charge on any atom is 0.250 e. The summed E-state index contributed by atoms with van der Waals surface area (Å²) in [5, 5.41) is 4.43. The van der Waals surface area contributed by atoms with E-state index >= 15 is 0 Å². The molecule has 2 rings (SSSR count). The first-order chi connectivity index (χ1) is 8.10. The Kier molecular flexibility index (Phi) is 3.22. The minimum Gasteiger partial charge on any atom is -0.221 e. The van der Waals surface area contributed by atoms with E-state index in [9.17, 15) is 0 Å². The first-order valence-corrected chi connectivity index (χ1v) is 5.95. The van der Waals surface area contributed by atoms with Gasteiger partial charge >= 0.3 is 0 Å². The van der Waals surface area contributed by atoms with Crippen molar-refractivity contribution >= 4 is 11.7 Å². The van der Waals surface area contributed by atoms with Gasteiger partial charge in [-0.05, 0) is 33.3 Å². The lowest BCUT2D eigenvalue weighted by Crippen LogP contribution is -2.14.